The standard InChI is InChI=1S/C12H10BrN3O5/c13-7-3-6(11(19)20)1-2-8(7)15-9(17)5-16-10(18)4-14-12(16)21/h1-3H,4-5H2,(H,14,21)(H,15,17)(H,19,20). The second-order valence-electron chi connectivity index (χ2n) is 4.19. The monoisotopic (exact) mass is 355 g/mol. The second-order valence-corrected chi connectivity index (χ2v) is 5.04. The molecule has 1 aliphatic rings. The summed E-state index contributed by atoms with van der Waals surface area (Å²) in [5.41, 5.74) is 0.408. The highest BCUT2D eigenvalue weighted by Crippen LogP contribution is 2.23. The van der Waals surface area contributed by atoms with Crippen molar-refractivity contribution in [1.82, 2.24) is 10.2 Å². The number of halogens is 1. The first-order valence-corrected chi connectivity index (χ1v) is 6.58. The molecule has 0 radical (unpaired) electrons. The van der Waals surface area contributed by atoms with Gasteiger partial charge in [0.2, 0.25) is 5.91 Å². The van der Waals surface area contributed by atoms with Gasteiger partial charge >= 0.3 is 12.0 Å². The maximum atomic E-state index is 11.8. The summed E-state index contributed by atoms with van der Waals surface area (Å²) in [5.74, 6) is -2.13. The van der Waals surface area contributed by atoms with Crippen LogP contribution in [0.2, 0.25) is 0 Å². The summed E-state index contributed by atoms with van der Waals surface area (Å²) in [6.07, 6.45) is 0. The van der Waals surface area contributed by atoms with E-state index in [1.807, 2.05) is 0 Å². The van der Waals surface area contributed by atoms with Crippen molar-refractivity contribution in [3.63, 3.8) is 0 Å². The van der Waals surface area contributed by atoms with Crippen LogP contribution in [-0.2, 0) is 9.59 Å². The number of nitrogens with one attached hydrogen (secondary N) is 2. The Bertz CT molecular complexity index is 630. The number of aromatic carboxylic acids is 1. The van der Waals surface area contributed by atoms with E-state index in [9.17, 15) is 19.2 Å². The lowest BCUT2D eigenvalue weighted by molar-refractivity contribution is -0.128. The summed E-state index contributed by atoms with van der Waals surface area (Å²) in [6, 6.07) is 3.47. The Kier molecular flexibility index (Phi) is 4.22. The first kappa shape index (κ1) is 15.0. The van der Waals surface area contributed by atoms with Crippen LogP contribution in [0.4, 0.5) is 10.5 Å². The van der Waals surface area contributed by atoms with Gasteiger partial charge in [-0.05, 0) is 34.1 Å². The number of rotatable bonds is 4. The van der Waals surface area contributed by atoms with E-state index in [2.05, 4.69) is 26.6 Å². The average Bonchev–Trinajstić information content (AvgIpc) is 2.72. The van der Waals surface area contributed by atoms with Gasteiger partial charge in [0.15, 0.2) is 0 Å². The van der Waals surface area contributed by atoms with Crippen molar-refractivity contribution in [3.05, 3.63) is 28.2 Å². The van der Waals surface area contributed by atoms with Crippen molar-refractivity contribution in [2.45, 2.75) is 0 Å². The van der Waals surface area contributed by atoms with Crippen LogP contribution < -0.4 is 10.6 Å². The van der Waals surface area contributed by atoms with Gasteiger partial charge in [0.05, 0.1) is 17.8 Å². The predicted octanol–water partition coefficient (Wildman–Crippen LogP) is 0.638. The Morgan fingerprint density at radius 2 is 2.10 bits per heavy atom. The van der Waals surface area contributed by atoms with Crippen LogP contribution in [0, 0.1) is 0 Å². The van der Waals surface area contributed by atoms with E-state index < -0.39 is 30.4 Å². The van der Waals surface area contributed by atoms with Crippen molar-refractivity contribution in [3.8, 4) is 0 Å². The molecule has 0 atom stereocenters. The van der Waals surface area contributed by atoms with E-state index in [-0.39, 0.29) is 12.1 Å². The molecule has 0 unspecified atom stereocenters. The summed E-state index contributed by atoms with van der Waals surface area (Å²) in [7, 11) is 0. The molecule has 21 heavy (non-hydrogen) atoms. The van der Waals surface area contributed by atoms with Crippen molar-refractivity contribution < 1.29 is 24.3 Å². The van der Waals surface area contributed by atoms with Crippen LogP contribution >= 0.6 is 15.9 Å². The molecule has 1 aromatic rings. The van der Waals surface area contributed by atoms with Crippen molar-refractivity contribution >= 4 is 45.4 Å². The number of anilines is 1. The zero-order valence-electron chi connectivity index (χ0n) is 10.6. The van der Waals surface area contributed by atoms with Gasteiger partial charge in [-0.1, -0.05) is 0 Å². The van der Waals surface area contributed by atoms with Crippen molar-refractivity contribution in [2.24, 2.45) is 0 Å². The van der Waals surface area contributed by atoms with E-state index >= 15 is 0 Å². The normalized spacial score (nSPS) is 14.0. The number of benzene rings is 1. The molecule has 8 nitrogen and oxygen atoms in total. The van der Waals surface area contributed by atoms with Crippen LogP contribution in [0.1, 0.15) is 10.4 Å². The van der Waals surface area contributed by atoms with E-state index in [1.165, 1.54) is 18.2 Å². The molecule has 0 aliphatic carbocycles. The number of nitrogens with zero attached hydrogens (tertiary/aromatic N) is 1. The highest BCUT2D eigenvalue weighted by molar-refractivity contribution is 9.10. The number of amides is 4. The molecule has 0 bridgehead atoms. The summed E-state index contributed by atoms with van der Waals surface area (Å²) < 4.78 is 0.382. The lowest BCUT2D eigenvalue weighted by Gasteiger charge is -2.13. The van der Waals surface area contributed by atoms with Gasteiger partial charge in [-0.25, -0.2) is 9.59 Å². The fraction of sp³-hybridized carbons (Fsp3) is 0.167. The Morgan fingerprint density at radius 1 is 1.38 bits per heavy atom. The molecule has 2 rings (SSSR count). The van der Waals surface area contributed by atoms with Crippen molar-refractivity contribution in [1.29, 1.82) is 0 Å². The molecule has 1 saturated heterocycles. The van der Waals surface area contributed by atoms with Crippen LogP contribution in [-0.4, -0.2) is 46.9 Å². The molecule has 1 fully saturated rings. The number of carboxylic acid groups (broad SMARTS) is 1. The van der Waals surface area contributed by atoms with E-state index in [0.29, 0.717) is 10.2 Å². The SMILES string of the molecule is O=C(CN1C(=O)CNC1=O)Nc1ccc(C(=O)O)cc1Br. The number of carbonyl (C=O) groups is 4. The van der Waals surface area contributed by atoms with E-state index in [4.69, 9.17) is 5.11 Å². The van der Waals surface area contributed by atoms with Crippen LogP contribution in [0.25, 0.3) is 0 Å². The summed E-state index contributed by atoms with van der Waals surface area (Å²) in [6.45, 7) is -0.527. The average molecular weight is 356 g/mol. The predicted molar refractivity (Wildman–Crippen MR) is 74.8 cm³/mol. The van der Waals surface area contributed by atoms with Gasteiger partial charge < -0.3 is 15.7 Å². The smallest absolute Gasteiger partial charge is 0.335 e. The third-order valence-corrected chi connectivity index (χ3v) is 3.38. The minimum atomic E-state index is -1.09. The molecule has 3 N–H and O–H groups in total. The Morgan fingerprint density at radius 3 is 2.62 bits per heavy atom. The molecular formula is C12H10BrN3O5. The Balaban J connectivity index is 2.04. The zero-order valence-corrected chi connectivity index (χ0v) is 12.1. The summed E-state index contributed by atoms with van der Waals surface area (Å²) in [5, 5.41) is 13.6. The largest absolute Gasteiger partial charge is 0.478 e. The third kappa shape index (κ3) is 3.37. The van der Waals surface area contributed by atoms with Gasteiger partial charge in [-0.2, -0.15) is 0 Å². The molecular weight excluding hydrogens is 346 g/mol. The molecule has 0 aromatic heterocycles. The lowest BCUT2D eigenvalue weighted by Crippen LogP contribution is -2.38. The van der Waals surface area contributed by atoms with Crippen LogP contribution in [0.5, 0.6) is 0 Å². The number of urea groups is 1. The first-order chi connectivity index (χ1) is 9.88. The molecule has 0 saturated carbocycles. The van der Waals surface area contributed by atoms with Gasteiger partial charge in [-0.15, -0.1) is 0 Å². The minimum absolute atomic E-state index is 0.0639. The quantitative estimate of drug-likeness (QED) is 0.685. The number of hydrogen-bond donors (Lipinski definition) is 3. The maximum absolute atomic E-state index is 11.8. The van der Waals surface area contributed by atoms with E-state index in [0.717, 1.165) is 4.90 Å². The van der Waals surface area contributed by atoms with Gasteiger partial charge in [0.1, 0.15) is 6.54 Å². The highest BCUT2D eigenvalue weighted by atomic mass is 79.9. The zero-order chi connectivity index (χ0) is 15.6. The number of carbonyl (C=O) groups excluding carboxylic acids is 3. The van der Waals surface area contributed by atoms with Crippen LogP contribution in [0.3, 0.4) is 0 Å². The fourth-order valence-electron chi connectivity index (χ4n) is 1.70. The van der Waals surface area contributed by atoms with Gasteiger partial charge in [0.25, 0.3) is 5.91 Å². The molecule has 1 aromatic carbocycles. The summed E-state index contributed by atoms with van der Waals surface area (Å²) >= 11 is 3.14. The minimum Gasteiger partial charge on any atom is -0.478 e. The molecule has 9 heteroatoms. The lowest BCUT2D eigenvalue weighted by atomic mass is 10.2. The molecule has 4 amide bonds. The summed E-state index contributed by atoms with van der Waals surface area (Å²) in [4.78, 5) is 46.0. The van der Waals surface area contributed by atoms with Crippen molar-refractivity contribution in [2.75, 3.05) is 18.4 Å². The number of hydrogen-bond acceptors (Lipinski definition) is 4. The molecule has 1 aliphatic heterocycles. The maximum Gasteiger partial charge on any atom is 0.335 e. The third-order valence-electron chi connectivity index (χ3n) is 2.73. The topological polar surface area (TPSA) is 116 Å². The molecule has 0 spiro atoms. The van der Waals surface area contributed by atoms with Crippen LogP contribution in [0.15, 0.2) is 22.7 Å². The Hall–Kier alpha value is -2.42. The number of carboxylic acids is 1. The van der Waals surface area contributed by atoms with Gasteiger partial charge in [-0.3, -0.25) is 14.5 Å². The first-order valence-electron chi connectivity index (χ1n) is 5.79. The highest BCUT2D eigenvalue weighted by Gasteiger charge is 2.30. The van der Waals surface area contributed by atoms with Gasteiger partial charge in [0, 0.05) is 4.47 Å². The molecule has 110 valence electrons. The number of imide groups is 1. The Labute approximate surface area is 127 Å². The fourth-order valence-corrected chi connectivity index (χ4v) is 2.18. The molecule has 1 heterocycles. The van der Waals surface area contributed by atoms with E-state index in [1.54, 1.807) is 0 Å². The second kappa shape index (κ2) is 5.92.